The molecule has 4 heteroatoms. The van der Waals surface area contributed by atoms with Crippen LogP contribution in [0.1, 0.15) is 53.9 Å². The van der Waals surface area contributed by atoms with Gasteiger partial charge >= 0.3 is 0 Å². The highest BCUT2D eigenvalue weighted by molar-refractivity contribution is 7.91. The summed E-state index contributed by atoms with van der Waals surface area (Å²) in [6.07, 6.45) is 2.98. The number of rotatable bonds is 10. The molecule has 3 atom stereocenters. The SMILES string of the molecule is CCCNC(CS(=O)(=O)CC(C)CC)C(C)CC. The van der Waals surface area contributed by atoms with Crippen molar-refractivity contribution in [2.75, 3.05) is 18.1 Å². The molecule has 0 aromatic rings. The maximum absolute atomic E-state index is 12.2. The highest BCUT2D eigenvalue weighted by Gasteiger charge is 2.24. The first kappa shape index (κ1) is 17.9. The van der Waals surface area contributed by atoms with Crippen molar-refractivity contribution in [3.05, 3.63) is 0 Å². The molecule has 3 unspecified atom stereocenters. The molecule has 0 amide bonds. The molecule has 0 spiro atoms. The highest BCUT2D eigenvalue weighted by Crippen LogP contribution is 2.13. The maximum atomic E-state index is 12.2. The van der Waals surface area contributed by atoms with Gasteiger partial charge in [0.2, 0.25) is 0 Å². The average Bonchev–Trinajstić information content (AvgIpc) is 2.32. The lowest BCUT2D eigenvalue weighted by Gasteiger charge is -2.24. The van der Waals surface area contributed by atoms with Gasteiger partial charge in [0.25, 0.3) is 0 Å². The molecule has 18 heavy (non-hydrogen) atoms. The van der Waals surface area contributed by atoms with Crippen molar-refractivity contribution in [3.8, 4) is 0 Å². The van der Waals surface area contributed by atoms with Gasteiger partial charge in [0.05, 0.1) is 11.5 Å². The van der Waals surface area contributed by atoms with Crippen LogP contribution in [-0.2, 0) is 9.84 Å². The van der Waals surface area contributed by atoms with Crippen LogP contribution in [-0.4, -0.2) is 32.5 Å². The van der Waals surface area contributed by atoms with E-state index in [9.17, 15) is 8.42 Å². The second-order valence-electron chi connectivity index (χ2n) is 5.54. The standard InChI is InChI=1S/C14H31NO2S/c1-6-9-15-14(13(5)8-3)11-18(16,17)10-12(4)7-2/h12-15H,6-11H2,1-5H3. The van der Waals surface area contributed by atoms with E-state index in [2.05, 4.69) is 26.1 Å². The summed E-state index contributed by atoms with van der Waals surface area (Å²) in [5, 5.41) is 3.39. The van der Waals surface area contributed by atoms with E-state index in [0.717, 1.165) is 25.8 Å². The molecule has 0 bridgehead atoms. The topological polar surface area (TPSA) is 46.2 Å². The summed E-state index contributed by atoms with van der Waals surface area (Å²) in [7, 11) is -2.94. The van der Waals surface area contributed by atoms with Crippen molar-refractivity contribution in [3.63, 3.8) is 0 Å². The number of sulfone groups is 1. The maximum Gasteiger partial charge on any atom is 0.152 e. The van der Waals surface area contributed by atoms with Crippen LogP contribution in [0, 0.1) is 11.8 Å². The second kappa shape index (κ2) is 8.92. The molecule has 110 valence electrons. The number of nitrogens with one attached hydrogen (secondary N) is 1. The Morgan fingerprint density at radius 3 is 2.06 bits per heavy atom. The van der Waals surface area contributed by atoms with Crippen LogP contribution in [0.4, 0.5) is 0 Å². The van der Waals surface area contributed by atoms with Crippen LogP contribution in [0.2, 0.25) is 0 Å². The monoisotopic (exact) mass is 277 g/mol. The van der Waals surface area contributed by atoms with E-state index in [1.807, 2.05) is 13.8 Å². The third-order valence-electron chi connectivity index (χ3n) is 3.66. The number of hydrogen-bond donors (Lipinski definition) is 1. The summed E-state index contributed by atoms with van der Waals surface area (Å²) in [5.74, 6) is 1.28. The Morgan fingerprint density at radius 2 is 1.61 bits per heavy atom. The summed E-state index contributed by atoms with van der Waals surface area (Å²) in [4.78, 5) is 0. The van der Waals surface area contributed by atoms with Gasteiger partial charge in [-0.05, 0) is 24.8 Å². The van der Waals surface area contributed by atoms with Crippen molar-refractivity contribution in [2.24, 2.45) is 11.8 Å². The van der Waals surface area contributed by atoms with Crippen molar-refractivity contribution in [1.82, 2.24) is 5.32 Å². The third kappa shape index (κ3) is 7.37. The molecule has 0 heterocycles. The summed E-state index contributed by atoms with van der Waals surface area (Å²) in [6, 6.07) is 0.101. The van der Waals surface area contributed by atoms with Crippen molar-refractivity contribution in [1.29, 1.82) is 0 Å². The fourth-order valence-corrected chi connectivity index (χ4v) is 4.16. The molecule has 0 fully saturated rings. The second-order valence-corrected chi connectivity index (χ2v) is 7.69. The molecule has 0 aromatic heterocycles. The lowest BCUT2D eigenvalue weighted by atomic mass is 10.0. The quantitative estimate of drug-likeness (QED) is 0.668. The fourth-order valence-electron chi connectivity index (χ4n) is 1.93. The Hall–Kier alpha value is -0.0900. The molecule has 3 nitrogen and oxygen atoms in total. The Kier molecular flexibility index (Phi) is 8.87. The minimum absolute atomic E-state index is 0.101. The minimum atomic E-state index is -2.94. The first-order chi connectivity index (χ1) is 8.36. The van der Waals surface area contributed by atoms with Gasteiger partial charge in [0, 0.05) is 6.04 Å². The van der Waals surface area contributed by atoms with Crippen LogP contribution >= 0.6 is 0 Å². The van der Waals surface area contributed by atoms with Crippen LogP contribution in [0.3, 0.4) is 0 Å². The van der Waals surface area contributed by atoms with Gasteiger partial charge in [-0.3, -0.25) is 0 Å². The van der Waals surface area contributed by atoms with Crippen LogP contribution in [0.15, 0.2) is 0 Å². The predicted molar refractivity (Wildman–Crippen MR) is 79.6 cm³/mol. The molecule has 0 saturated carbocycles. The molecular weight excluding hydrogens is 246 g/mol. The molecule has 0 radical (unpaired) electrons. The van der Waals surface area contributed by atoms with E-state index in [4.69, 9.17) is 0 Å². The molecule has 0 rings (SSSR count). The molecule has 1 N–H and O–H groups in total. The van der Waals surface area contributed by atoms with E-state index < -0.39 is 9.84 Å². The zero-order valence-electron chi connectivity index (χ0n) is 12.7. The predicted octanol–water partition coefficient (Wildman–Crippen LogP) is 2.86. The van der Waals surface area contributed by atoms with E-state index >= 15 is 0 Å². The molecule has 0 aliphatic carbocycles. The highest BCUT2D eigenvalue weighted by atomic mass is 32.2. The van der Waals surface area contributed by atoms with Crippen molar-refractivity contribution >= 4 is 9.84 Å². The molecule has 0 aliphatic heterocycles. The first-order valence-electron chi connectivity index (χ1n) is 7.30. The smallest absolute Gasteiger partial charge is 0.152 e. The average molecular weight is 277 g/mol. The normalized spacial score (nSPS) is 17.4. The first-order valence-corrected chi connectivity index (χ1v) is 9.12. The zero-order valence-corrected chi connectivity index (χ0v) is 13.5. The summed E-state index contributed by atoms with van der Waals surface area (Å²) in [5.41, 5.74) is 0. The Morgan fingerprint density at radius 1 is 1.00 bits per heavy atom. The van der Waals surface area contributed by atoms with Crippen LogP contribution in [0.5, 0.6) is 0 Å². The van der Waals surface area contributed by atoms with Gasteiger partial charge in [-0.15, -0.1) is 0 Å². The van der Waals surface area contributed by atoms with Gasteiger partial charge in [0.15, 0.2) is 9.84 Å². The number of hydrogen-bond acceptors (Lipinski definition) is 3. The lowest BCUT2D eigenvalue weighted by Crippen LogP contribution is -2.42. The molecule has 0 aromatic carbocycles. The van der Waals surface area contributed by atoms with Crippen LogP contribution < -0.4 is 5.32 Å². The molecular formula is C14H31NO2S. The largest absolute Gasteiger partial charge is 0.313 e. The van der Waals surface area contributed by atoms with E-state index in [-0.39, 0.29) is 17.7 Å². The Bertz CT molecular complexity index is 301. The summed E-state index contributed by atoms with van der Waals surface area (Å²) < 4.78 is 24.3. The summed E-state index contributed by atoms with van der Waals surface area (Å²) >= 11 is 0. The summed E-state index contributed by atoms with van der Waals surface area (Å²) in [6.45, 7) is 11.3. The van der Waals surface area contributed by atoms with Crippen molar-refractivity contribution in [2.45, 2.75) is 59.9 Å². The van der Waals surface area contributed by atoms with Gasteiger partial charge in [-0.25, -0.2) is 8.42 Å². The molecule has 0 saturated heterocycles. The van der Waals surface area contributed by atoms with Gasteiger partial charge in [-0.2, -0.15) is 0 Å². The lowest BCUT2D eigenvalue weighted by molar-refractivity contribution is 0.390. The van der Waals surface area contributed by atoms with Gasteiger partial charge in [-0.1, -0.05) is 47.5 Å². The van der Waals surface area contributed by atoms with Gasteiger partial charge < -0.3 is 5.32 Å². The van der Waals surface area contributed by atoms with Crippen LogP contribution in [0.25, 0.3) is 0 Å². The van der Waals surface area contributed by atoms with Crippen molar-refractivity contribution < 1.29 is 8.42 Å². The van der Waals surface area contributed by atoms with E-state index in [1.165, 1.54) is 0 Å². The third-order valence-corrected chi connectivity index (χ3v) is 5.60. The Balaban J connectivity index is 4.54. The molecule has 0 aliphatic rings. The van der Waals surface area contributed by atoms with E-state index in [1.54, 1.807) is 0 Å². The minimum Gasteiger partial charge on any atom is -0.313 e. The fraction of sp³-hybridized carbons (Fsp3) is 1.00. The zero-order chi connectivity index (χ0) is 14.2. The van der Waals surface area contributed by atoms with E-state index in [0.29, 0.717) is 11.7 Å². The van der Waals surface area contributed by atoms with Gasteiger partial charge in [0.1, 0.15) is 0 Å². The Labute approximate surface area is 114 Å².